The minimum absolute atomic E-state index is 0.488. The molecule has 2 N–H and O–H groups in total. The van der Waals surface area contributed by atoms with Gasteiger partial charge in [0, 0.05) is 39.3 Å². The number of likely N-dealkylation sites (N-methyl/N-ethyl adjacent to an activating group) is 1. The molecule has 0 radical (unpaired) electrons. The molecule has 2 amide bonds. The van der Waals surface area contributed by atoms with E-state index < -0.39 is 11.8 Å². The summed E-state index contributed by atoms with van der Waals surface area (Å²) in [6, 6.07) is 0. The zero-order valence-corrected chi connectivity index (χ0v) is 13.2. The van der Waals surface area contributed by atoms with Crippen molar-refractivity contribution in [3.05, 3.63) is 0 Å². The van der Waals surface area contributed by atoms with Gasteiger partial charge in [-0.3, -0.25) is 14.5 Å². The number of nitrogens with one attached hydrogen (secondary N) is 2. The number of carbonyl (C=O) groups is 2. The molecule has 0 bridgehead atoms. The topological polar surface area (TPSA) is 73.9 Å². The maximum atomic E-state index is 11.6. The maximum absolute atomic E-state index is 11.6. The van der Waals surface area contributed by atoms with E-state index in [0.29, 0.717) is 13.1 Å². The molecular weight excluding hydrogens is 272 g/mol. The van der Waals surface area contributed by atoms with Crippen molar-refractivity contribution in [2.45, 2.75) is 13.8 Å². The molecule has 0 spiro atoms. The number of hydrogen-bond acceptors (Lipinski definition) is 5. The summed E-state index contributed by atoms with van der Waals surface area (Å²) in [5, 5.41) is 5.29. The lowest BCUT2D eigenvalue weighted by Crippen LogP contribution is -2.46. The molecule has 7 heteroatoms. The van der Waals surface area contributed by atoms with Crippen molar-refractivity contribution in [3.8, 4) is 0 Å². The smallest absolute Gasteiger partial charge is 0.309 e. The zero-order valence-electron chi connectivity index (χ0n) is 13.2. The summed E-state index contributed by atoms with van der Waals surface area (Å²) in [5.41, 5.74) is 0. The van der Waals surface area contributed by atoms with Crippen LogP contribution in [0.4, 0.5) is 0 Å². The molecule has 0 aliphatic carbocycles. The van der Waals surface area contributed by atoms with Crippen molar-refractivity contribution in [2.75, 3.05) is 65.6 Å². The fourth-order valence-electron chi connectivity index (χ4n) is 2.18. The summed E-state index contributed by atoms with van der Waals surface area (Å²) >= 11 is 0. The Hall–Kier alpha value is -1.18. The predicted molar refractivity (Wildman–Crippen MR) is 81.1 cm³/mol. The van der Waals surface area contributed by atoms with Crippen molar-refractivity contribution in [3.63, 3.8) is 0 Å². The molecule has 1 aliphatic heterocycles. The summed E-state index contributed by atoms with van der Waals surface area (Å²) in [7, 11) is 0. The summed E-state index contributed by atoms with van der Waals surface area (Å²) in [4.78, 5) is 27.6. The van der Waals surface area contributed by atoms with Gasteiger partial charge >= 0.3 is 11.8 Å². The lowest BCUT2D eigenvalue weighted by Gasteiger charge is -2.26. The van der Waals surface area contributed by atoms with Gasteiger partial charge < -0.3 is 20.3 Å². The molecule has 0 aromatic carbocycles. The monoisotopic (exact) mass is 300 g/mol. The number of morpholine rings is 1. The molecule has 0 saturated carbocycles. The van der Waals surface area contributed by atoms with E-state index in [1.54, 1.807) is 0 Å². The molecule has 122 valence electrons. The number of carbonyl (C=O) groups excluding carboxylic acids is 2. The molecule has 1 rings (SSSR count). The number of ether oxygens (including phenoxy) is 1. The average Bonchev–Trinajstić information content (AvgIpc) is 2.52. The fraction of sp³-hybridized carbons (Fsp3) is 0.857. The van der Waals surface area contributed by atoms with E-state index in [9.17, 15) is 9.59 Å². The Morgan fingerprint density at radius 2 is 1.62 bits per heavy atom. The van der Waals surface area contributed by atoms with Gasteiger partial charge in [-0.25, -0.2) is 0 Å². The van der Waals surface area contributed by atoms with Gasteiger partial charge in [0.05, 0.1) is 13.2 Å². The molecule has 0 atom stereocenters. The Kier molecular flexibility index (Phi) is 8.96. The highest BCUT2D eigenvalue weighted by Crippen LogP contribution is 1.94. The van der Waals surface area contributed by atoms with Crippen LogP contribution in [0.15, 0.2) is 0 Å². The van der Waals surface area contributed by atoms with Gasteiger partial charge in [0.1, 0.15) is 0 Å². The van der Waals surface area contributed by atoms with Crippen LogP contribution in [0.2, 0.25) is 0 Å². The molecular formula is C14H28N4O3. The van der Waals surface area contributed by atoms with Gasteiger partial charge in [-0.1, -0.05) is 13.8 Å². The van der Waals surface area contributed by atoms with Crippen molar-refractivity contribution in [2.24, 2.45) is 0 Å². The van der Waals surface area contributed by atoms with E-state index in [-0.39, 0.29) is 0 Å². The third kappa shape index (κ3) is 7.40. The number of hydrogen-bond donors (Lipinski definition) is 2. The Bertz CT molecular complexity index is 315. The highest BCUT2D eigenvalue weighted by atomic mass is 16.5. The molecule has 1 heterocycles. The molecule has 0 aromatic rings. The molecule has 0 unspecified atom stereocenters. The zero-order chi connectivity index (χ0) is 15.5. The van der Waals surface area contributed by atoms with Crippen molar-refractivity contribution >= 4 is 11.8 Å². The molecule has 7 nitrogen and oxygen atoms in total. The SMILES string of the molecule is CCN(CC)CCNC(=O)C(=O)NCCN1CCOCC1. The van der Waals surface area contributed by atoms with Crippen LogP contribution < -0.4 is 10.6 Å². The van der Waals surface area contributed by atoms with Crippen LogP contribution in [0.5, 0.6) is 0 Å². The number of amides is 2. The van der Waals surface area contributed by atoms with Gasteiger partial charge in [0.25, 0.3) is 0 Å². The van der Waals surface area contributed by atoms with Crippen LogP contribution in [0.1, 0.15) is 13.8 Å². The van der Waals surface area contributed by atoms with Gasteiger partial charge in [-0.05, 0) is 13.1 Å². The van der Waals surface area contributed by atoms with E-state index in [1.165, 1.54) is 0 Å². The van der Waals surface area contributed by atoms with E-state index in [0.717, 1.165) is 52.5 Å². The Morgan fingerprint density at radius 1 is 1.05 bits per heavy atom. The Balaban J connectivity index is 2.08. The van der Waals surface area contributed by atoms with Gasteiger partial charge in [-0.2, -0.15) is 0 Å². The molecule has 1 saturated heterocycles. The van der Waals surface area contributed by atoms with Crippen molar-refractivity contribution in [1.29, 1.82) is 0 Å². The second kappa shape index (κ2) is 10.5. The van der Waals surface area contributed by atoms with E-state index in [2.05, 4.69) is 34.3 Å². The quantitative estimate of drug-likeness (QED) is 0.556. The summed E-state index contributed by atoms with van der Waals surface area (Å²) < 4.78 is 5.25. The summed E-state index contributed by atoms with van der Waals surface area (Å²) in [6.07, 6.45) is 0. The summed E-state index contributed by atoms with van der Waals surface area (Å²) in [6.45, 7) is 11.8. The van der Waals surface area contributed by atoms with E-state index >= 15 is 0 Å². The third-order valence-corrected chi connectivity index (χ3v) is 3.63. The van der Waals surface area contributed by atoms with Crippen molar-refractivity contribution < 1.29 is 14.3 Å². The largest absolute Gasteiger partial charge is 0.379 e. The number of nitrogens with zero attached hydrogens (tertiary/aromatic N) is 2. The van der Waals surface area contributed by atoms with Gasteiger partial charge in [0.15, 0.2) is 0 Å². The van der Waals surface area contributed by atoms with Gasteiger partial charge in [0.2, 0.25) is 0 Å². The maximum Gasteiger partial charge on any atom is 0.309 e. The van der Waals surface area contributed by atoms with Gasteiger partial charge in [-0.15, -0.1) is 0 Å². The minimum Gasteiger partial charge on any atom is -0.379 e. The lowest BCUT2D eigenvalue weighted by atomic mass is 10.4. The standard InChI is InChI=1S/C14H28N4O3/c1-3-17(4-2)7-5-15-13(19)14(20)16-6-8-18-9-11-21-12-10-18/h3-12H2,1-2H3,(H,15,19)(H,16,20). The van der Waals surface area contributed by atoms with E-state index in [4.69, 9.17) is 4.74 Å². The molecule has 21 heavy (non-hydrogen) atoms. The first-order valence-electron chi connectivity index (χ1n) is 7.75. The van der Waals surface area contributed by atoms with Crippen LogP contribution >= 0.6 is 0 Å². The second-order valence-corrected chi connectivity index (χ2v) is 4.99. The highest BCUT2D eigenvalue weighted by Gasteiger charge is 2.14. The first kappa shape index (κ1) is 17.9. The first-order chi connectivity index (χ1) is 10.2. The van der Waals surface area contributed by atoms with Crippen molar-refractivity contribution in [1.82, 2.24) is 20.4 Å². The molecule has 1 aliphatic rings. The van der Waals surface area contributed by atoms with E-state index in [1.807, 2.05) is 0 Å². The Labute approximate surface area is 127 Å². The predicted octanol–water partition coefficient (Wildman–Crippen LogP) is -1.11. The van der Waals surface area contributed by atoms with Crippen LogP contribution in [-0.4, -0.2) is 87.2 Å². The molecule has 0 aromatic heterocycles. The van der Waals surface area contributed by atoms with Crippen LogP contribution in [0.3, 0.4) is 0 Å². The highest BCUT2D eigenvalue weighted by molar-refractivity contribution is 6.35. The summed E-state index contributed by atoms with van der Waals surface area (Å²) in [5.74, 6) is -1.10. The lowest BCUT2D eigenvalue weighted by molar-refractivity contribution is -0.139. The fourth-order valence-corrected chi connectivity index (χ4v) is 2.18. The first-order valence-corrected chi connectivity index (χ1v) is 7.75. The Morgan fingerprint density at radius 3 is 2.19 bits per heavy atom. The normalized spacial score (nSPS) is 16.0. The number of rotatable bonds is 8. The van der Waals surface area contributed by atoms with Crippen LogP contribution in [0.25, 0.3) is 0 Å². The minimum atomic E-state index is -0.553. The second-order valence-electron chi connectivity index (χ2n) is 4.99. The third-order valence-electron chi connectivity index (χ3n) is 3.63. The average molecular weight is 300 g/mol. The molecule has 1 fully saturated rings. The van der Waals surface area contributed by atoms with Crippen LogP contribution in [-0.2, 0) is 14.3 Å². The van der Waals surface area contributed by atoms with Crippen LogP contribution in [0, 0.1) is 0 Å².